The first-order chi connectivity index (χ1) is 15.6. The Kier molecular flexibility index (Phi) is 6.03. The highest BCUT2D eigenvalue weighted by atomic mass is 16.6. The molecule has 0 saturated carbocycles. The lowest BCUT2D eigenvalue weighted by Gasteiger charge is -2.10. The summed E-state index contributed by atoms with van der Waals surface area (Å²) in [6, 6.07) is 18.4. The molecule has 0 saturated heterocycles. The normalized spacial score (nSPS) is 11.1. The van der Waals surface area contributed by atoms with E-state index in [9.17, 15) is 9.59 Å². The zero-order valence-electron chi connectivity index (χ0n) is 17.5. The quantitative estimate of drug-likeness (QED) is 0.270. The van der Waals surface area contributed by atoms with Gasteiger partial charge in [-0.15, -0.1) is 0 Å². The summed E-state index contributed by atoms with van der Waals surface area (Å²) in [5, 5.41) is 6.93. The Balaban J connectivity index is 1.46. The number of hydrogen-bond donors (Lipinski definition) is 1. The van der Waals surface area contributed by atoms with Crippen LogP contribution in [-0.4, -0.2) is 38.9 Å². The van der Waals surface area contributed by atoms with Gasteiger partial charge in [0.15, 0.2) is 23.9 Å². The molecule has 1 N–H and O–H groups in total. The number of fused-ring (bicyclic) bond motifs is 3. The summed E-state index contributed by atoms with van der Waals surface area (Å²) < 4.78 is 20.9. The number of nitrogens with one attached hydrogen (secondary N) is 1. The van der Waals surface area contributed by atoms with Gasteiger partial charge in [-0.05, 0) is 46.7 Å². The maximum Gasteiger partial charge on any atom is 0.343 e. The molecule has 4 aromatic rings. The molecular weight excluding hydrogens is 412 g/mol. The van der Waals surface area contributed by atoms with E-state index in [1.807, 2.05) is 36.4 Å². The van der Waals surface area contributed by atoms with Crippen LogP contribution in [0.15, 0.2) is 70.2 Å². The van der Waals surface area contributed by atoms with E-state index in [1.165, 1.54) is 20.4 Å². The fraction of sp³-hybridized carbons (Fsp3) is 0.125. The summed E-state index contributed by atoms with van der Waals surface area (Å²) in [4.78, 5) is 23.7. The van der Waals surface area contributed by atoms with E-state index in [4.69, 9.17) is 13.9 Å². The van der Waals surface area contributed by atoms with Crippen molar-refractivity contribution in [2.24, 2.45) is 5.10 Å². The predicted octanol–water partition coefficient (Wildman–Crippen LogP) is 3.91. The van der Waals surface area contributed by atoms with E-state index < -0.39 is 11.9 Å². The van der Waals surface area contributed by atoms with E-state index in [-0.39, 0.29) is 12.4 Å². The van der Waals surface area contributed by atoms with Crippen LogP contribution in [-0.2, 0) is 9.53 Å². The Labute approximate surface area is 183 Å². The van der Waals surface area contributed by atoms with Crippen molar-refractivity contribution in [2.45, 2.75) is 0 Å². The number of hydrogen-bond acceptors (Lipinski definition) is 7. The molecular formula is C24H20N2O6. The molecule has 0 spiro atoms. The smallest absolute Gasteiger partial charge is 0.343 e. The SMILES string of the molecule is COC(=O)COc1ccc(/C=N\NC(=O)c2cc3c(ccc4ccccc43)o2)cc1OC. The summed E-state index contributed by atoms with van der Waals surface area (Å²) >= 11 is 0. The van der Waals surface area contributed by atoms with Crippen molar-refractivity contribution in [3.05, 3.63) is 72.0 Å². The number of methoxy groups -OCH3 is 2. The molecule has 1 heterocycles. The molecule has 0 aliphatic heterocycles. The average molecular weight is 432 g/mol. The Bertz CT molecular complexity index is 1320. The highest BCUT2D eigenvalue weighted by molar-refractivity contribution is 6.08. The van der Waals surface area contributed by atoms with E-state index in [1.54, 1.807) is 24.3 Å². The fourth-order valence-corrected chi connectivity index (χ4v) is 3.20. The molecule has 0 unspecified atom stereocenters. The van der Waals surface area contributed by atoms with Gasteiger partial charge in [-0.1, -0.05) is 30.3 Å². The molecule has 32 heavy (non-hydrogen) atoms. The number of ether oxygens (including phenoxy) is 3. The van der Waals surface area contributed by atoms with Crippen LogP contribution < -0.4 is 14.9 Å². The van der Waals surface area contributed by atoms with E-state index in [0.717, 1.165) is 16.2 Å². The monoisotopic (exact) mass is 432 g/mol. The van der Waals surface area contributed by atoms with Gasteiger partial charge < -0.3 is 18.6 Å². The molecule has 0 bridgehead atoms. The van der Waals surface area contributed by atoms with Gasteiger partial charge in [-0.2, -0.15) is 5.10 Å². The first kappa shape index (κ1) is 20.9. The zero-order chi connectivity index (χ0) is 22.5. The Morgan fingerprint density at radius 3 is 2.66 bits per heavy atom. The second-order valence-corrected chi connectivity index (χ2v) is 6.78. The van der Waals surface area contributed by atoms with E-state index in [2.05, 4.69) is 15.3 Å². The number of esters is 1. The Hall–Kier alpha value is -4.33. The molecule has 0 aliphatic rings. The van der Waals surface area contributed by atoms with Gasteiger partial charge in [-0.25, -0.2) is 10.2 Å². The first-order valence-electron chi connectivity index (χ1n) is 9.71. The van der Waals surface area contributed by atoms with Crippen molar-refractivity contribution < 1.29 is 28.2 Å². The number of benzene rings is 3. The van der Waals surface area contributed by atoms with Crippen LogP contribution in [0.25, 0.3) is 21.7 Å². The fourth-order valence-electron chi connectivity index (χ4n) is 3.20. The summed E-state index contributed by atoms with van der Waals surface area (Å²) in [5.41, 5.74) is 3.75. The summed E-state index contributed by atoms with van der Waals surface area (Å²) in [6.45, 7) is -0.233. The third kappa shape index (κ3) is 4.39. The van der Waals surface area contributed by atoms with Crippen molar-refractivity contribution in [2.75, 3.05) is 20.8 Å². The third-order valence-corrected chi connectivity index (χ3v) is 4.79. The van der Waals surface area contributed by atoms with Crippen molar-refractivity contribution >= 4 is 39.8 Å². The zero-order valence-corrected chi connectivity index (χ0v) is 17.5. The molecule has 0 radical (unpaired) electrons. The standard InChI is InChI=1S/C24H20N2O6/c1-29-21-11-15(7-9-20(21)31-14-23(27)30-2)13-25-26-24(28)22-12-18-17-6-4-3-5-16(17)8-10-19(18)32-22/h3-13H,14H2,1-2H3,(H,26,28)/b25-13-. The van der Waals surface area contributed by atoms with Gasteiger partial charge >= 0.3 is 11.9 Å². The lowest BCUT2D eigenvalue weighted by Crippen LogP contribution is -2.16. The third-order valence-electron chi connectivity index (χ3n) is 4.79. The minimum absolute atomic E-state index is 0.164. The van der Waals surface area contributed by atoms with Crippen LogP contribution in [0.4, 0.5) is 0 Å². The number of amides is 1. The van der Waals surface area contributed by atoms with Gasteiger partial charge in [0.2, 0.25) is 0 Å². The minimum Gasteiger partial charge on any atom is -0.493 e. The van der Waals surface area contributed by atoms with Gasteiger partial charge in [-0.3, -0.25) is 4.79 Å². The van der Waals surface area contributed by atoms with Crippen LogP contribution in [0.3, 0.4) is 0 Å². The maximum absolute atomic E-state index is 12.5. The molecule has 4 rings (SSSR count). The molecule has 0 atom stereocenters. The minimum atomic E-state index is -0.501. The molecule has 3 aromatic carbocycles. The highest BCUT2D eigenvalue weighted by Gasteiger charge is 2.13. The topological polar surface area (TPSA) is 99.4 Å². The molecule has 0 fully saturated rings. The molecule has 1 amide bonds. The van der Waals surface area contributed by atoms with Gasteiger partial charge in [0, 0.05) is 5.39 Å². The number of furan rings is 1. The maximum atomic E-state index is 12.5. The van der Waals surface area contributed by atoms with Gasteiger partial charge in [0.1, 0.15) is 5.58 Å². The second kappa shape index (κ2) is 9.22. The van der Waals surface area contributed by atoms with Crippen LogP contribution in [0.5, 0.6) is 11.5 Å². The lowest BCUT2D eigenvalue weighted by atomic mass is 10.1. The lowest BCUT2D eigenvalue weighted by molar-refractivity contribution is -0.142. The molecule has 8 nitrogen and oxygen atoms in total. The van der Waals surface area contributed by atoms with Crippen molar-refractivity contribution in [3.8, 4) is 11.5 Å². The number of nitrogens with zero attached hydrogens (tertiary/aromatic N) is 1. The summed E-state index contributed by atoms with van der Waals surface area (Å²) in [6.07, 6.45) is 1.46. The van der Waals surface area contributed by atoms with Gasteiger partial charge in [0.05, 0.1) is 20.4 Å². The molecule has 162 valence electrons. The Morgan fingerprint density at radius 2 is 1.84 bits per heavy atom. The van der Waals surface area contributed by atoms with Crippen LogP contribution in [0.1, 0.15) is 16.1 Å². The number of rotatable bonds is 7. The highest BCUT2D eigenvalue weighted by Crippen LogP contribution is 2.29. The number of carbonyl (C=O) groups is 2. The Morgan fingerprint density at radius 1 is 1.00 bits per heavy atom. The van der Waals surface area contributed by atoms with E-state index in [0.29, 0.717) is 22.6 Å². The van der Waals surface area contributed by atoms with E-state index >= 15 is 0 Å². The molecule has 8 heteroatoms. The van der Waals surface area contributed by atoms with Gasteiger partial charge in [0.25, 0.3) is 0 Å². The number of carbonyl (C=O) groups excluding carboxylic acids is 2. The largest absolute Gasteiger partial charge is 0.493 e. The van der Waals surface area contributed by atoms with Crippen LogP contribution in [0.2, 0.25) is 0 Å². The summed E-state index contributed by atoms with van der Waals surface area (Å²) in [7, 11) is 2.76. The molecule has 1 aromatic heterocycles. The first-order valence-corrected chi connectivity index (χ1v) is 9.71. The van der Waals surface area contributed by atoms with Crippen molar-refractivity contribution in [1.29, 1.82) is 0 Å². The number of hydrazone groups is 1. The van der Waals surface area contributed by atoms with Crippen LogP contribution >= 0.6 is 0 Å². The molecule has 0 aliphatic carbocycles. The predicted molar refractivity (Wildman–Crippen MR) is 119 cm³/mol. The second-order valence-electron chi connectivity index (χ2n) is 6.78. The average Bonchev–Trinajstić information content (AvgIpc) is 3.28. The van der Waals surface area contributed by atoms with Crippen molar-refractivity contribution in [1.82, 2.24) is 5.43 Å². The van der Waals surface area contributed by atoms with Crippen LogP contribution in [0, 0.1) is 0 Å². The van der Waals surface area contributed by atoms with Crippen molar-refractivity contribution in [3.63, 3.8) is 0 Å². The summed E-state index contributed by atoms with van der Waals surface area (Å²) in [5.74, 6) is -0.00918.